The van der Waals surface area contributed by atoms with Gasteiger partial charge in [0.2, 0.25) is 5.91 Å². The Morgan fingerprint density at radius 3 is 1.94 bits per heavy atom. The lowest BCUT2D eigenvalue weighted by Gasteiger charge is -2.10. The summed E-state index contributed by atoms with van der Waals surface area (Å²) in [5, 5.41) is 3.03. The second kappa shape index (κ2) is 18.1. The first-order valence-corrected chi connectivity index (χ1v) is 13.9. The van der Waals surface area contributed by atoms with Gasteiger partial charge in [-0.3, -0.25) is 4.79 Å². The Bertz CT molecular complexity index is 820. The van der Waals surface area contributed by atoms with Gasteiger partial charge in [0.1, 0.15) is 11.5 Å². The molecule has 0 aliphatic heterocycles. The van der Waals surface area contributed by atoms with Gasteiger partial charge in [-0.25, -0.2) is 0 Å². The monoisotopic (exact) mass is 465 g/mol. The van der Waals surface area contributed by atoms with Crippen molar-refractivity contribution in [3.05, 3.63) is 59.6 Å². The van der Waals surface area contributed by atoms with E-state index in [2.05, 4.69) is 24.4 Å². The first-order valence-electron chi connectivity index (χ1n) is 13.9. The lowest BCUT2D eigenvalue weighted by atomic mass is 10.0. The summed E-state index contributed by atoms with van der Waals surface area (Å²) < 4.78 is 5.62. The molecule has 1 heterocycles. The van der Waals surface area contributed by atoms with Crippen LogP contribution in [0.15, 0.2) is 46.9 Å². The van der Waals surface area contributed by atoms with Crippen LogP contribution in [0, 0.1) is 0 Å². The van der Waals surface area contributed by atoms with Crippen molar-refractivity contribution in [3.8, 4) is 0 Å². The van der Waals surface area contributed by atoms with Crippen molar-refractivity contribution < 1.29 is 9.21 Å². The lowest BCUT2D eigenvalue weighted by Crippen LogP contribution is -2.09. The number of para-hydroxylation sites is 1. The van der Waals surface area contributed by atoms with Crippen LogP contribution in [-0.2, 0) is 17.6 Å². The maximum absolute atomic E-state index is 12.4. The van der Waals surface area contributed by atoms with Crippen molar-refractivity contribution in [1.29, 1.82) is 0 Å². The Balaban J connectivity index is 1.56. The van der Waals surface area contributed by atoms with Gasteiger partial charge in [0.25, 0.3) is 0 Å². The van der Waals surface area contributed by atoms with Crippen molar-refractivity contribution in [3.63, 3.8) is 0 Å². The number of anilines is 1. The summed E-state index contributed by atoms with van der Waals surface area (Å²) in [6.07, 6.45) is 24.3. The summed E-state index contributed by atoms with van der Waals surface area (Å²) in [6, 6.07) is 12.0. The quantitative estimate of drug-likeness (QED) is 0.166. The van der Waals surface area contributed by atoms with Gasteiger partial charge in [0, 0.05) is 18.2 Å². The predicted molar refractivity (Wildman–Crippen MR) is 146 cm³/mol. The molecule has 0 fully saturated rings. The molecular formula is C31H47NO2. The molecule has 3 heteroatoms. The number of rotatable bonds is 19. The second-order valence-electron chi connectivity index (χ2n) is 9.48. The Morgan fingerprint density at radius 1 is 0.765 bits per heavy atom. The zero-order valence-corrected chi connectivity index (χ0v) is 21.7. The summed E-state index contributed by atoms with van der Waals surface area (Å²) in [7, 11) is 0. The van der Waals surface area contributed by atoms with E-state index in [4.69, 9.17) is 4.42 Å². The van der Waals surface area contributed by atoms with Crippen molar-refractivity contribution in [1.82, 2.24) is 0 Å². The van der Waals surface area contributed by atoms with Crippen LogP contribution in [-0.4, -0.2) is 5.91 Å². The molecule has 1 aromatic heterocycles. The van der Waals surface area contributed by atoms with Gasteiger partial charge in [-0.05, 0) is 42.7 Å². The van der Waals surface area contributed by atoms with Gasteiger partial charge in [-0.2, -0.15) is 0 Å². The number of carbonyl (C=O) groups is 1. The molecular weight excluding hydrogens is 418 g/mol. The Kier molecular flexibility index (Phi) is 14.9. The molecule has 1 N–H and O–H groups in total. The van der Waals surface area contributed by atoms with E-state index in [1.54, 1.807) is 12.2 Å². The smallest absolute Gasteiger partial charge is 0.248 e. The first-order chi connectivity index (χ1) is 16.7. The zero-order valence-electron chi connectivity index (χ0n) is 21.7. The highest BCUT2D eigenvalue weighted by Gasteiger charge is 2.05. The third-order valence-electron chi connectivity index (χ3n) is 6.50. The molecule has 1 aromatic carbocycles. The van der Waals surface area contributed by atoms with E-state index < -0.39 is 0 Å². The van der Waals surface area contributed by atoms with Crippen molar-refractivity contribution in [2.24, 2.45) is 0 Å². The van der Waals surface area contributed by atoms with Crippen LogP contribution >= 0.6 is 0 Å². The number of unbranched alkanes of at least 4 members (excludes halogenated alkanes) is 13. The van der Waals surface area contributed by atoms with E-state index >= 15 is 0 Å². The van der Waals surface area contributed by atoms with Gasteiger partial charge in [0.15, 0.2) is 0 Å². The minimum atomic E-state index is -0.122. The van der Waals surface area contributed by atoms with Crippen LogP contribution in [0.25, 0.3) is 6.08 Å². The topological polar surface area (TPSA) is 42.2 Å². The van der Waals surface area contributed by atoms with Gasteiger partial charge >= 0.3 is 0 Å². The van der Waals surface area contributed by atoms with Crippen LogP contribution in [0.1, 0.15) is 121 Å². The SMILES string of the molecule is CCCCCCCCCCCCCCCCc1ccccc1NC(=O)C=Cc1ccc(CC)o1. The molecule has 188 valence electrons. The molecule has 0 saturated heterocycles. The minimum Gasteiger partial charge on any atom is -0.462 e. The van der Waals surface area contributed by atoms with E-state index in [0.717, 1.165) is 24.3 Å². The molecule has 2 aromatic rings. The fourth-order valence-electron chi connectivity index (χ4n) is 4.38. The molecule has 0 atom stereocenters. The fourth-order valence-corrected chi connectivity index (χ4v) is 4.38. The number of amides is 1. The highest BCUT2D eigenvalue weighted by atomic mass is 16.3. The molecule has 34 heavy (non-hydrogen) atoms. The molecule has 0 radical (unpaired) electrons. The molecule has 0 saturated carbocycles. The first kappa shape index (κ1) is 28.0. The average Bonchev–Trinajstić information content (AvgIpc) is 3.32. The van der Waals surface area contributed by atoms with Crippen LogP contribution in [0.5, 0.6) is 0 Å². The standard InChI is InChI=1S/C31H47NO2/c1-3-5-6-7-8-9-10-11-12-13-14-15-16-17-20-27-21-18-19-22-30(27)32-31(33)26-25-29-24-23-28(4-2)34-29/h18-19,21-26H,3-17,20H2,1-2H3,(H,32,33). The summed E-state index contributed by atoms with van der Waals surface area (Å²) in [5.74, 6) is 1.52. The highest BCUT2D eigenvalue weighted by molar-refractivity contribution is 6.02. The molecule has 0 bridgehead atoms. The van der Waals surface area contributed by atoms with Gasteiger partial charge in [-0.15, -0.1) is 0 Å². The molecule has 3 nitrogen and oxygen atoms in total. The Hall–Kier alpha value is -2.29. The second-order valence-corrected chi connectivity index (χ2v) is 9.48. The Labute approximate surface area is 208 Å². The third-order valence-corrected chi connectivity index (χ3v) is 6.50. The van der Waals surface area contributed by atoms with Gasteiger partial charge < -0.3 is 9.73 Å². The molecule has 0 spiro atoms. The normalized spacial score (nSPS) is 11.4. The van der Waals surface area contributed by atoms with Crippen LogP contribution in [0.4, 0.5) is 5.69 Å². The van der Waals surface area contributed by atoms with Crippen LogP contribution in [0.2, 0.25) is 0 Å². The summed E-state index contributed by atoms with van der Waals surface area (Å²) in [4.78, 5) is 12.4. The van der Waals surface area contributed by atoms with E-state index in [1.165, 1.54) is 95.5 Å². The van der Waals surface area contributed by atoms with Crippen LogP contribution in [0.3, 0.4) is 0 Å². The highest BCUT2D eigenvalue weighted by Crippen LogP contribution is 2.19. The number of nitrogens with one attached hydrogen (secondary N) is 1. The van der Waals surface area contributed by atoms with Gasteiger partial charge in [0.05, 0.1) is 0 Å². The number of hydrogen-bond acceptors (Lipinski definition) is 2. The number of hydrogen-bond donors (Lipinski definition) is 1. The molecule has 2 rings (SSSR count). The molecule has 1 amide bonds. The van der Waals surface area contributed by atoms with Crippen molar-refractivity contribution in [2.45, 2.75) is 117 Å². The number of carbonyl (C=O) groups excluding carboxylic acids is 1. The average molecular weight is 466 g/mol. The van der Waals surface area contributed by atoms with Crippen molar-refractivity contribution in [2.75, 3.05) is 5.32 Å². The van der Waals surface area contributed by atoms with E-state index in [9.17, 15) is 4.79 Å². The third kappa shape index (κ3) is 12.3. The largest absolute Gasteiger partial charge is 0.462 e. The zero-order chi connectivity index (χ0) is 24.3. The van der Waals surface area contributed by atoms with Crippen molar-refractivity contribution >= 4 is 17.7 Å². The summed E-state index contributed by atoms with van der Waals surface area (Å²) in [5.41, 5.74) is 2.13. The van der Waals surface area contributed by atoms with Gasteiger partial charge in [-0.1, -0.05) is 116 Å². The van der Waals surface area contributed by atoms with E-state index in [0.29, 0.717) is 5.76 Å². The summed E-state index contributed by atoms with van der Waals surface area (Å²) >= 11 is 0. The minimum absolute atomic E-state index is 0.122. The number of aryl methyl sites for hydroxylation is 2. The Morgan fingerprint density at radius 2 is 1.35 bits per heavy atom. The maximum atomic E-state index is 12.4. The lowest BCUT2D eigenvalue weighted by molar-refractivity contribution is -0.111. The number of furan rings is 1. The summed E-state index contributed by atoms with van der Waals surface area (Å²) in [6.45, 7) is 4.33. The molecule has 0 aliphatic carbocycles. The number of benzene rings is 1. The maximum Gasteiger partial charge on any atom is 0.248 e. The fraction of sp³-hybridized carbons (Fsp3) is 0.581. The predicted octanol–water partition coefficient (Wildman–Crippen LogP) is 9.52. The molecule has 0 aliphatic rings. The van der Waals surface area contributed by atoms with Crippen LogP contribution < -0.4 is 5.32 Å². The van der Waals surface area contributed by atoms with E-state index in [1.807, 2.05) is 31.2 Å². The van der Waals surface area contributed by atoms with E-state index in [-0.39, 0.29) is 5.91 Å². The molecule has 0 unspecified atom stereocenters.